The molecule has 1 heterocycles. The molecule has 3 aromatic carbocycles. The fraction of sp³-hybridized carbons (Fsp3) is 0.250. The van der Waals surface area contributed by atoms with Gasteiger partial charge in [0.15, 0.2) is 11.5 Å². The number of amides is 1. The van der Waals surface area contributed by atoms with Crippen LogP contribution in [0.3, 0.4) is 0 Å². The number of carbonyl (C=O) groups is 1. The highest BCUT2D eigenvalue weighted by molar-refractivity contribution is 14.1. The number of halogens is 1. The smallest absolute Gasteiger partial charge is 0.271 e. The minimum absolute atomic E-state index is 0.250. The van der Waals surface area contributed by atoms with Crippen LogP contribution in [0.15, 0.2) is 65.8 Å². The maximum absolute atomic E-state index is 12.5. The number of hydrogen-bond acceptors (Lipinski definition) is 6. The van der Waals surface area contributed by atoms with Crippen LogP contribution in [-0.2, 0) is 6.61 Å². The third-order valence-corrected chi connectivity index (χ3v) is 6.62. The Labute approximate surface area is 224 Å². The summed E-state index contributed by atoms with van der Waals surface area (Å²) in [5.41, 5.74) is 6.44. The number of nitrogens with one attached hydrogen (secondary N) is 1. The monoisotopic (exact) mass is 594 g/mol. The van der Waals surface area contributed by atoms with Crippen LogP contribution in [-0.4, -0.2) is 31.8 Å². The molecule has 0 unspecified atom stereocenters. The third kappa shape index (κ3) is 6.34. The highest BCUT2D eigenvalue weighted by atomic mass is 127. The van der Waals surface area contributed by atoms with E-state index in [1.54, 1.807) is 12.3 Å². The minimum atomic E-state index is -0.268. The van der Waals surface area contributed by atoms with Crippen molar-refractivity contribution in [3.8, 4) is 17.6 Å². The van der Waals surface area contributed by atoms with Crippen molar-refractivity contribution in [2.75, 3.05) is 24.6 Å². The first-order valence-electron chi connectivity index (χ1n) is 11.8. The number of nitrogens with zero attached hydrogens (tertiary/aromatic N) is 3. The molecule has 1 aliphatic heterocycles. The van der Waals surface area contributed by atoms with Gasteiger partial charge in [0, 0.05) is 29.9 Å². The molecule has 3 aromatic rings. The second-order valence-corrected chi connectivity index (χ2v) is 9.42. The highest BCUT2D eigenvalue weighted by Crippen LogP contribution is 2.34. The van der Waals surface area contributed by atoms with Crippen molar-refractivity contribution in [3.63, 3.8) is 0 Å². The second kappa shape index (κ2) is 12.4. The van der Waals surface area contributed by atoms with E-state index in [1.807, 2.05) is 61.5 Å². The summed E-state index contributed by atoms with van der Waals surface area (Å²) in [5.74, 6) is 0.906. The largest absolute Gasteiger partial charge is 0.490 e. The molecule has 8 heteroatoms. The fourth-order valence-corrected chi connectivity index (χ4v) is 4.78. The molecule has 1 amide bonds. The van der Waals surface area contributed by atoms with Gasteiger partial charge < -0.3 is 14.4 Å². The fourth-order valence-electron chi connectivity index (χ4n) is 4.00. The van der Waals surface area contributed by atoms with Crippen molar-refractivity contribution in [1.82, 2.24) is 5.43 Å². The first-order valence-corrected chi connectivity index (χ1v) is 12.9. The van der Waals surface area contributed by atoms with E-state index in [4.69, 9.17) is 9.47 Å². The van der Waals surface area contributed by atoms with Gasteiger partial charge in [0.2, 0.25) is 0 Å². The number of benzene rings is 3. The molecule has 0 bridgehead atoms. The first-order chi connectivity index (χ1) is 17.6. The van der Waals surface area contributed by atoms with E-state index >= 15 is 0 Å². The highest BCUT2D eigenvalue weighted by Gasteiger charge is 2.14. The SMILES string of the molecule is CCOc1cc(/C=N\NC(=O)c2ccc(N3CCCC3)cc2)cc(I)c1OCc1ccccc1C#N. The van der Waals surface area contributed by atoms with Crippen molar-refractivity contribution in [2.24, 2.45) is 5.10 Å². The number of hydrazone groups is 1. The Morgan fingerprint density at radius 3 is 2.61 bits per heavy atom. The molecular formula is C28H27IN4O3. The van der Waals surface area contributed by atoms with Crippen LogP contribution in [0, 0.1) is 14.9 Å². The molecule has 1 aliphatic rings. The van der Waals surface area contributed by atoms with Gasteiger partial charge in [-0.1, -0.05) is 18.2 Å². The lowest BCUT2D eigenvalue weighted by atomic mass is 10.1. The molecule has 0 spiro atoms. The Balaban J connectivity index is 1.42. The second-order valence-electron chi connectivity index (χ2n) is 8.26. The lowest BCUT2D eigenvalue weighted by Gasteiger charge is -2.17. The number of hydrogen-bond donors (Lipinski definition) is 1. The number of nitriles is 1. The summed E-state index contributed by atoms with van der Waals surface area (Å²) >= 11 is 2.18. The van der Waals surface area contributed by atoms with E-state index in [0.717, 1.165) is 33.5 Å². The van der Waals surface area contributed by atoms with Crippen molar-refractivity contribution < 1.29 is 14.3 Å². The standard InChI is InChI=1S/C28H27IN4O3/c1-2-35-26-16-20(15-25(29)27(26)36-19-23-8-4-3-7-22(23)17-30)18-31-32-28(34)21-9-11-24(12-10-21)33-13-5-6-14-33/h3-4,7-12,15-16,18H,2,5-6,13-14,19H2,1H3,(H,32,34)/b31-18-. The van der Waals surface area contributed by atoms with Gasteiger partial charge in [0.1, 0.15) is 6.61 Å². The normalized spacial score (nSPS) is 13.0. The predicted molar refractivity (Wildman–Crippen MR) is 149 cm³/mol. The van der Waals surface area contributed by atoms with Crippen LogP contribution in [0.5, 0.6) is 11.5 Å². The molecule has 1 fully saturated rings. The molecule has 1 saturated heterocycles. The molecule has 184 valence electrons. The molecule has 0 radical (unpaired) electrons. The summed E-state index contributed by atoms with van der Waals surface area (Å²) in [4.78, 5) is 14.8. The van der Waals surface area contributed by atoms with E-state index in [0.29, 0.717) is 29.2 Å². The number of ether oxygens (including phenoxy) is 2. The summed E-state index contributed by atoms with van der Waals surface area (Å²) in [6, 6.07) is 20.9. The molecule has 0 saturated carbocycles. The minimum Gasteiger partial charge on any atom is -0.490 e. The number of rotatable bonds is 9. The van der Waals surface area contributed by atoms with Crippen molar-refractivity contribution in [3.05, 3.63) is 86.5 Å². The van der Waals surface area contributed by atoms with Crippen molar-refractivity contribution in [2.45, 2.75) is 26.4 Å². The van der Waals surface area contributed by atoms with Crippen LogP contribution >= 0.6 is 22.6 Å². The van der Waals surface area contributed by atoms with Gasteiger partial charge in [-0.3, -0.25) is 4.79 Å². The van der Waals surface area contributed by atoms with E-state index in [1.165, 1.54) is 12.8 Å². The Morgan fingerprint density at radius 2 is 1.89 bits per heavy atom. The van der Waals surface area contributed by atoms with E-state index in [2.05, 4.69) is 44.1 Å². The van der Waals surface area contributed by atoms with E-state index in [9.17, 15) is 10.1 Å². The Hall–Kier alpha value is -3.58. The van der Waals surface area contributed by atoms with Gasteiger partial charge >= 0.3 is 0 Å². The van der Waals surface area contributed by atoms with Crippen molar-refractivity contribution >= 4 is 40.4 Å². The topological polar surface area (TPSA) is 86.9 Å². The molecule has 0 atom stereocenters. The zero-order chi connectivity index (χ0) is 25.3. The Kier molecular flexibility index (Phi) is 8.79. The third-order valence-electron chi connectivity index (χ3n) is 5.82. The first kappa shape index (κ1) is 25.5. The van der Waals surface area contributed by atoms with Gasteiger partial charge in [0.05, 0.1) is 28.0 Å². The molecule has 0 aromatic heterocycles. The lowest BCUT2D eigenvalue weighted by Crippen LogP contribution is -2.19. The number of anilines is 1. The zero-order valence-electron chi connectivity index (χ0n) is 20.0. The van der Waals surface area contributed by atoms with Gasteiger partial charge in [-0.25, -0.2) is 5.43 Å². The maximum atomic E-state index is 12.5. The Bertz CT molecular complexity index is 1280. The van der Waals surface area contributed by atoms with Crippen LogP contribution < -0.4 is 19.8 Å². The van der Waals surface area contributed by atoms with Gasteiger partial charge in [-0.2, -0.15) is 10.4 Å². The van der Waals surface area contributed by atoms with Gasteiger partial charge in [-0.05, 0) is 90.4 Å². The molecule has 0 aliphatic carbocycles. The molecule has 1 N–H and O–H groups in total. The quantitative estimate of drug-likeness (QED) is 0.201. The van der Waals surface area contributed by atoms with E-state index in [-0.39, 0.29) is 12.5 Å². The summed E-state index contributed by atoms with van der Waals surface area (Å²) in [5, 5.41) is 13.5. The molecule has 7 nitrogen and oxygen atoms in total. The van der Waals surface area contributed by atoms with Crippen LogP contribution in [0.2, 0.25) is 0 Å². The molecule has 36 heavy (non-hydrogen) atoms. The summed E-state index contributed by atoms with van der Waals surface area (Å²) in [6.45, 7) is 4.74. The van der Waals surface area contributed by atoms with Gasteiger partial charge in [0.25, 0.3) is 5.91 Å². The summed E-state index contributed by atoms with van der Waals surface area (Å²) < 4.78 is 12.7. The van der Waals surface area contributed by atoms with Crippen molar-refractivity contribution in [1.29, 1.82) is 5.26 Å². The maximum Gasteiger partial charge on any atom is 0.271 e. The van der Waals surface area contributed by atoms with Gasteiger partial charge in [-0.15, -0.1) is 0 Å². The van der Waals surface area contributed by atoms with Crippen LogP contribution in [0.1, 0.15) is 46.8 Å². The average Bonchev–Trinajstić information content (AvgIpc) is 3.44. The predicted octanol–water partition coefficient (Wildman–Crippen LogP) is 5.50. The summed E-state index contributed by atoms with van der Waals surface area (Å²) in [6.07, 6.45) is 4.00. The zero-order valence-corrected chi connectivity index (χ0v) is 22.2. The van der Waals surface area contributed by atoms with Crippen LogP contribution in [0.4, 0.5) is 5.69 Å². The lowest BCUT2D eigenvalue weighted by molar-refractivity contribution is 0.0955. The number of carbonyl (C=O) groups excluding carboxylic acids is 1. The van der Waals surface area contributed by atoms with E-state index < -0.39 is 0 Å². The molecular weight excluding hydrogens is 567 g/mol. The summed E-state index contributed by atoms with van der Waals surface area (Å²) in [7, 11) is 0. The van der Waals surface area contributed by atoms with Crippen LogP contribution in [0.25, 0.3) is 0 Å². The molecule has 4 rings (SSSR count). The Morgan fingerprint density at radius 1 is 1.14 bits per heavy atom. The average molecular weight is 594 g/mol.